The zero-order chi connectivity index (χ0) is 14.7. The van der Waals surface area contributed by atoms with Gasteiger partial charge in [-0.25, -0.2) is 0 Å². The normalized spacial score (nSPS) is 10.1. The van der Waals surface area contributed by atoms with Crippen LogP contribution in [0.15, 0.2) is 18.2 Å². The average molecular weight is 277 g/mol. The highest BCUT2D eigenvalue weighted by atomic mass is 16.6. The SMILES string of the molecule is COc1nc(N)nc(Oc2c(C)cccc2[N+](=O)[O-])n1. The van der Waals surface area contributed by atoms with Crippen LogP contribution in [0.25, 0.3) is 0 Å². The summed E-state index contributed by atoms with van der Waals surface area (Å²) >= 11 is 0. The molecule has 0 saturated carbocycles. The van der Waals surface area contributed by atoms with Crippen molar-refractivity contribution in [2.45, 2.75) is 6.92 Å². The number of hydrogen-bond donors (Lipinski definition) is 1. The van der Waals surface area contributed by atoms with Crippen LogP contribution in [-0.4, -0.2) is 27.0 Å². The van der Waals surface area contributed by atoms with Crippen LogP contribution in [0.2, 0.25) is 0 Å². The Balaban J connectivity index is 2.44. The monoisotopic (exact) mass is 277 g/mol. The number of hydrogen-bond acceptors (Lipinski definition) is 8. The second-order valence-electron chi connectivity index (χ2n) is 3.75. The van der Waals surface area contributed by atoms with Crippen LogP contribution in [0.5, 0.6) is 17.8 Å². The van der Waals surface area contributed by atoms with Gasteiger partial charge in [0.2, 0.25) is 11.7 Å². The number of nitro benzene ring substituents is 1. The maximum atomic E-state index is 11.0. The maximum absolute atomic E-state index is 11.0. The number of nitro groups is 1. The molecule has 1 heterocycles. The van der Waals surface area contributed by atoms with Crippen molar-refractivity contribution in [1.82, 2.24) is 15.0 Å². The summed E-state index contributed by atoms with van der Waals surface area (Å²) in [6.07, 6.45) is 0. The Morgan fingerprint density at radius 3 is 2.60 bits per heavy atom. The maximum Gasteiger partial charge on any atom is 0.330 e. The molecule has 0 saturated heterocycles. The highest BCUT2D eigenvalue weighted by Gasteiger charge is 2.19. The molecule has 9 nitrogen and oxygen atoms in total. The first-order chi connectivity index (χ1) is 9.51. The van der Waals surface area contributed by atoms with E-state index in [-0.39, 0.29) is 29.4 Å². The summed E-state index contributed by atoms with van der Waals surface area (Å²) in [7, 11) is 1.36. The van der Waals surface area contributed by atoms with Crippen LogP contribution < -0.4 is 15.2 Å². The van der Waals surface area contributed by atoms with Crippen molar-refractivity contribution in [2.75, 3.05) is 12.8 Å². The van der Waals surface area contributed by atoms with Crippen molar-refractivity contribution in [1.29, 1.82) is 0 Å². The minimum absolute atomic E-state index is 0.0382. The van der Waals surface area contributed by atoms with Gasteiger partial charge in [0.15, 0.2) is 0 Å². The number of aromatic nitrogens is 3. The summed E-state index contributed by atoms with van der Waals surface area (Å²) in [5.74, 6) is -0.0618. The van der Waals surface area contributed by atoms with Crippen LogP contribution in [-0.2, 0) is 0 Å². The van der Waals surface area contributed by atoms with Crippen LogP contribution in [0.1, 0.15) is 5.56 Å². The van der Waals surface area contributed by atoms with Gasteiger partial charge in [-0.2, -0.15) is 9.97 Å². The summed E-state index contributed by atoms with van der Waals surface area (Å²) in [5.41, 5.74) is 5.84. The number of nitrogens with two attached hydrogens (primary N) is 1. The molecule has 104 valence electrons. The Morgan fingerprint density at radius 2 is 1.95 bits per heavy atom. The molecule has 0 aliphatic carbocycles. The van der Waals surface area contributed by atoms with Gasteiger partial charge in [-0.15, -0.1) is 4.98 Å². The quantitative estimate of drug-likeness (QED) is 0.657. The Bertz CT molecular complexity index is 661. The summed E-state index contributed by atoms with van der Waals surface area (Å²) in [5, 5.41) is 11.0. The van der Waals surface area contributed by atoms with Gasteiger partial charge < -0.3 is 15.2 Å². The molecule has 0 aliphatic heterocycles. The Labute approximate surface area is 113 Å². The van der Waals surface area contributed by atoms with E-state index in [9.17, 15) is 10.1 Å². The number of anilines is 1. The number of benzene rings is 1. The van der Waals surface area contributed by atoms with Crippen molar-refractivity contribution < 1.29 is 14.4 Å². The molecule has 0 unspecified atom stereocenters. The zero-order valence-electron chi connectivity index (χ0n) is 10.7. The Morgan fingerprint density at radius 1 is 1.25 bits per heavy atom. The summed E-state index contributed by atoms with van der Waals surface area (Å²) in [4.78, 5) is 21.7. The van der Waals surface area contributed by atoms with Crippen LogP contribution >= 0.6 is 0 Å². The zero-order valence-corrected chi connectivity index (χ0v) is 10.7. The Hall–Kier alpha value is -2.97. The fourth-order valence-corrected chi connectivity index (χ4v) is 1.49. The third-order valence-corrected chi connectivity index (χ3v) is 2.38. The lowest BCUT2D eigenvalue weighted by atomic mass is 10.2. The van der Waals surface area contributed by atoms with E-state index < -0.39 is 4.92 Å². The molecule has 0 fully saturated rings. The van der Waals surface area contributed by atoms with E-state index in [4.69, 9.17) is 15.2 Å². The number of nitrogen functional groups attached to an aromatic ring is 1. The molecule has 1 aromatic heterocycles. The lowest BCUT2D eigenvalue weighted by molar-refractivity contribution is -0.385. The van der Waals surface area contributed by atoms with Gasteiger partial charge in [-0.05, 0) is 12.5 Å². The van der Waals surface area contributed by atoms with Crippen molar-refractivity contribution in [3.05, 3.63) is 33.9 Å². The number of aryl methyl sites for hydroxylation is 1. The molecular weight excluding hydrogens is 266 g/mol. The highest BCUT2D eigenvalue weighted by Crippen LogP contribution is 2.33. The molecule has 2 N–H and O–H groups in total. The molecule has 0 bridgehead atoms. The van der Waals surface area contributed by atoms with E-state index in [1.165, 1.54) is 13.2 Å². The van der Waals surface area contributed by atoms with Crippen LogP contribution in [0.4, 0.5) is 11.6 Å². The minimum Gasteiger partial charge on any atom is -0.467 e. The largest absolute Gasteiger partial charge is 0.467 e. The average Bonchev–Trinajstić information content (AvgIpc) is 2.40. The van der Waals surface area contributed by atoms with Gasteiger partial charge in [0, 0.05) is 6.07 Å². The van der Waals surface area contributed by atoms with Gasteiger partial charge in [-0.3, -0.25) is 10.1 Å². The standard InChI is InChI=1S/C11H11N5O4/c1-6-4-3-5-7(16(17)18)8(6)20-11-14-9(12)13-10(15-11)19-2/h3-5H,1-2H3,(H2,12,13,14,15). The number of ether oxygens (including phenoxy) is 2. The van der Waals surface area contributed by atoms with Crippen LogP contribution in [0, 0.1) is 17.0 Å². The highest BCUT2D eigenvalue weighted by molar-refractivity contribution is 5.52. The van der Waals surface area contributed by atoms with Crippen molar-refractivity contribution in [2.24, 2.45) is 0 Å². The first-order valence-electron chi connectivity index (χ1n) is 5.48. The van der Waals surface area contributed by atoms with E-state index in [0.717, 1.165) is 0 Å². The van der Waals surface area contributed by atoms with Crippen molar-refractivity contribution >= 4 is 11.6 Å². The predicted molar refractivity (Wildman–Crippen MR) is 68.7 cm³/mol. The van der Waals surface area contributed by atoms with E-state index in [0.29, 0.717) is 5.56 Å². The molecule has 9 heteroatoms. The van der Waals surface area contributed by atoms with Gasteiger partial charge >= 0.3 is 17.7 Å². The summed E-state index contributed by atoms with van der Waals surface area (Å²) in [6, 6.07) is 4.34. The molecule has 0 aliphatic rings. The second-order valence-corrected chi connectivity index (χ2v) is 3.75. The van der Waals surface area contributed by atoms with Crippen molar-refractivity contribution in [3.63, 3.8) is 0 Å². The van der Waals surface area contributed by atoms with E-state index in [1.807, 2.05) is 0 Å². The molecule has 0 atom stereocenters. The predicted octanol–water partition coefficient (Wildman–Crippen LogP) is 1.47. The number of rotatable bonds is 4. The third-order valence-electron chi connectivity index (χ3n) is 2.38. The number of methoxy groups -OCH3 is 1. The topological polar surface area (TPSA) is 126 Å². The fourth-order valence-electron chi connectivity index (χ4n) is 1.49. The van der Waals surface area contributed by atoms with Gasteiger partial charge in [-0.1, -0.05) is 12.1 Å². The number of nitrogens with zero attached hydrogens (tertiary/aromatic N) is 4. The molecule has 2 aromatic rings. The molecule has 0 radical (unpaired) electrons. The molecule has 20 heavy (non-hydrogen) atoms. The second kappa shape index (κ2) is 5.34. The summed E-state index contributed by atoms with van der Waals surface area (Å²) in [6.45, 7) is 1.67. The van der Waals surface area contributed by atoms with Crippen molar-refractivity contribution in [3.8, 4) is 17.8 Å². The van der Waals surface area contributed by atoms with E-state index >= 15 is 0 Å². The molecular formula is C11H11N5O4. The molecule has 1 aromatic carbocycles. The van der Waals surface area contributed by atoms with Crippen LogP contribution in [0.3, 0.4) is 0 Å². The van der Waals surface area contributed by atoms with E-state index in [1.54, 1.807) is 19.1 Å². The smallest absolute Gasteiger partial charge is 0.330 e. The lowest BCUT2D eigenvalue weighted by Crippen LogP contribution is -2.04. The molecule has 0 spiro atoms. The van der Waals surface area contributed by atoms with E-state index in [2.05, 4.69) is 15.0 Å². The lowest BCUT2D eigenvalue weighted by Gasteiger charge is -2.08. The van der Waals surface area contributed by atoms with Gasteiger partial charge in [0.25, 0.3) is 0 Å². The molecule has 0 amide bonds. The number of para-hydroxylation sites is 1. The summed E-state index contributed by atoms with van der Waals surface area (Å²) < 4.78 is 10.2. The Kier molecular flexibility index (Phi) is 3.60. The first-order valence-corrected chi connectivity index (χ1v) is 5.48. The minimum atomic E-state index is -0.551. The van der Waals surface area contributed by atoms with Gasteiger partial charge in [0.1, 0.15) is 0 Å². The fraction of sp³-hybridized carbons (Fsp3) is 0.182. The first kappa shape index (κ1) is 13.5. The molecule has 2 rings (SSSR count). The third kappa shape index (κ3) is 2.71. The van der Waals surface area contributed by atoms with Gasteiger partial charge in [0.05, 0.1) is 12.0 Å².